The van der Waals surface area contributed by atoms with E-state index in [2.05, 4.69) is 15.7 Å². The lowest BCUT2D eigenvalue weighted by molar-refractivity contribution is -0.132. The summed E-state index contributed by atoms with van der Waals surface area (Å²) in [7, 11) is 1.54. The van der Waals surface area contributed by atoms with E-state index in [1.165, 1.54) is 19.4 Å². The Hall–Kier alpha value is -3.78. The summed E-state index contributed by atoms with van der Waals surface area (Å²) in [6, 6.07) is 13.4. The van der Waals surface area contributed by atoms with Gasteiger partial charge in [0.05, 0.1) is 13.3 Å². The number of amides is 1. The number of para-hydroxylation sites is 1. The minimum Gasteiger partial charge on any atom is -0.496 e. The topological polar surface area (TPSA) is 105 Å². The summed E-state index contributed by atoms with van der Waals surface area (Å²) in [6.45, 7) is 0. The number of aliphatic carboxylic acids is 1. The normalized spacial score (nSPS) is 14.9. The molecule has 3 aromatic rings. The van der Waals surface area contributed by atoms with Gasteiger partial charge in [0, 0.05) is 16.3 Å². The van der Waals surface area contributed by atoms with E-state index in [9.17, 15) is 14.7 Å². The van der Waals surface area contributed by atoms with Crippen LogP contribution in [0.3, 0.4) is 0 Å². The van der Waals surface area contributed by atoms with Crippen LogP contribution in [0.1, 0.15) is 22.0 Å². The van der Waals surface area contributed by atoms with Crippen LogP contribution < -0.4 is 15.4 Å². The zero-order valence-corrected chi connectivity index (χ0v) is 16.6. The Labute approximate surface area is 176 Å². The van der Waals surface area contributed by atoms with Crippen molar-refractivity contribution in [3.05, 3.63) is 82.7 Å². The summed E-state index contributed by atoms with van der Waals surface area (Å²) in [5.41, 5.74) is 1.36. The van der Waals surface area contributed by atoms with E-state index in [1.54, 1.807) is 35.0 Å². The molecule has 0 radical (unpaired) electrons. The molecule has 30 heavy (non-hydrogen) atoms. The summed E-state index contributed by atoms with van der Waals surface area (Å²) in [5.74, 6) is -0.748. The fraction of sp³-hybridized carbons (Fsp3) is 0.0952. The summed E-state index contributed by atoms with van der Waals surface area (Å²) in [4.78, 5) is 24.6. The summed E-state index contributed by atoms with van der Waals surface area (Å²) in [6.07, 6.45) is 2.92. The van der Waals surface area contributed by atoms with Crippen molar-refractivity contribution in [3.63, 3.8) is 0 Å². The second-order valence-electron chi connectivity index (χ2n) is 6.51. The highest BCUT2D eigenvalue weighted by molar-refractivity contribution is 6.31. The van der Waals surface area contributed by atoms with Crippen LogP contribution in [0, 0.1) is 0 Å². The first-order valence-electron chi connectivity index (χ1n) is 8.97. The number of nitrogens with zero attached hydrogens (tertiary/aromatic N) is 2. The van der Waals surface area contributed by atoms with Crippen molar-refractivity contribution in [3.8, 4) is 5.75 Å². The molecule has 1 aliphatic rings. The number of hydrogen-bond acceptors (Lipinski definition) is 5. The molecule has 1 aromatic heterocycles. The number of fused-ring (bicyclic) bond motifs is 1. The number of carboxylic acids is 1. The average Bonchev–Trinajstić information content (AvgIpc) is 3.17. The molecule has 0 spiro atoms. The van der Waals surface area contributed by atoms with Crippen molar-refractivity contribution < 1.29 is 19.4 Å². The molecule has 0 fully saturated rings. The number of carbonyl (C=O) groups is 2. The van der Waals surface area contributed by atoms with Crippen LogP contribution in [0.2, 0.25) is 5.02 Å². The molecule has 0 saturated heterocycles. The van der Waals surface area contributed by atoms with E-state index in [4.69, 9.17) is 16.3 Å². The maximum Gasteiger partial charge on any atom is 0.352 e. The number of carbonyl (C=O) groups excluding carboxylic acids is 1. The molecule has 0 bridgehead atoms. The molecule has 1 amide bonds. The lowest BCUT2D eigenvalue weighted by Gasteiger charge is -2.25. The molecular weight excluding hydrogens is 408 g/mol. The van der Waals surface area contributed by atoms with Crippen molar-refractivity contribution in [2.24, 2.45) is 0 Å². The molecular formula is C21H17ClN4O4. The third-order valence-electron chi connectivity index (χ3n) is 4.65. The summed E-state index contributed by atoms with van der Waals surface area (Å²) in [5, 5.41) is 19.9. The Bertz CT molecular complexity index is 1170. The minimum absolute atomic E-state index is 0.0595. The van der Waals surface area contributed by atoms with Gasteiger partial charge in [-0.3, -0.25) is 4.79 Å². The molecule has 0 saturated carbocycles. The van der Waals surface area contributed by atoms with E-state index in [1.807, 2.05) is 18.2 Å². The van der Waals surface area contributed by atoms with Gasteiger partial charge in [0.2, 0.25) is 0 Å². The Morgan fingerprint density at radius 3 is 2.77 bits per heavy atom. The van der Waals surface area contributed by atoms with E-state index in [0.717, 1.165) is 0 Å². The predicted octanol–water partition coefficient (Wildman–Crippen LogP) is 3.78. The first-order valence-corrected chi connectivity index (χ1v) is 9.35. The van der Waals surface area contributed by atoms with Gasteiger partial charge < -0.3 is 20.5 Å². The van der Waals surface area contributed by atoms with Crippen molar-refractivity contribution in [1.29, 1.82) is 0 Å². The Morgan fingerprint density at radius 2 is 2.03 bits per heavy atom. The monoisotopic (exact) mass is 424 g/mol. The zero-order chi connectivity index (χ0) is 21.3. The first kappa shape index (κ1) is 19.5. The number of aromatic nitrogens is 2. The number of ether oxygens (including phenoxy) is 1. The third kappa shape index (κ3) is 3.60. The molecule has 0 unspecified atom stereocenters. The molecule has 1 atom stereocenters. The molecule has 3 N–H and O–H groups in total. The van der Waals surface area contributed by atoms with Crippen LogP contribution in [0.15, 0.2) is 66.5 Å². The molecule has 0 aliphatic carbocycles. The first-order chi connectivity index (χ1) is 14.5. The second-order valence-corrected chi connectivity index (χ2v) is 6.95. The van der Waals surface area contributed by atoms with E-state index < -0.39 is 17.9 Å². The molecule has 2 heterocycles. The highest BCUT2D eigenvalue weighted by Gasteiger charge is 2.30. The van der Waals surface area contributed by atoms with Gasteiger partial charge in [-0.05, 0) is 30.3 Å². The predicted molar refractivity (Wildman–Crippen MR) is 112 cm³/mol. The number of anilines is 2. The van der Waals surface area contributed by atoms with Crippen LogP contribution in [-0.4, -0.2) is 33.9 Å². The maximum atomic E-state index is 12.9. The van der Waals surface area contributed by atoms with Crippen LogP contribution in [0.4, 0.5) is 11.5 Å². The highest BCUT2D eigenvalue weighted by Crippen LogP contribution is 2.36. The number of nitrogens with one attached hydrogen (secondary N) is 2. The van der Waals surface area contributed by atoms with E-state index >= 15 is 0 Å². The quantitative estimate of drug-likeness (QED) is 0.575. The summed E-state index contributed by atoms with van der Waals surface area (Å²) < 4.78 is 6.98. The highest BCUT2D eigenvalue weighted by atomic mass is 35.5. The number of allylic oxidation sites excluding steroid dienone is 1. The standard InChI is InChI=1S/C21H17ClN4O4/c1-30-18-8-3-2-7-14(18)17-10-16(21(28)29)25-19-15(11-23-26(17)19)20(27)24-13-6-4-5-12(22)9-13/h2-11,17,25H,1H3,(H,24,27)(H,28,29)/t17-/m1/s1. The van der Waals surface area contributed by atoms with Gasteiger partial charge in [-0.1, -0.05) is 35.9 Å². The maximum absolute atomic E-state index is 12.9. The second kappa shape index (κ2) is 7.92. The third-order valence-corrected chi connectivity index (χ3v) is 4.89. The average molecular weight is 425 g/mol. The van der Waals surface area contributed by atoms with Crippen molar-refractivity contribution >= 4 is 35.0 Å². The molecule has 152 valence electrons. The van der Waals surface area contributed by atoms with Crippen LogP contribution in [0.25, 0.3) is 0 Å². The molecule has 4 rings (SSSR count). The van der Waals surface area contributed by atoms with Gasteiger partial charge >= 0.3 is 5.97 Å². The lowest BCUT2D eigenvalue weighted by Crippen LogP contribution is -2.26. The van der Waals surface area contributed by atoms with Gasteiger partial charge in [0.25, 0.3) is 5.91 Å². The zero-order valence-electron chi connectivity index (χ0n) is 15.8. The van der Waals surface area contributed by atoms with Crippen LogP contribution in [0.5, 0.6) is 5.75 Å². The van der Waals surface area contributed by atoms with E-state index in [-0.39, 0.29) is 17.1 Å². The number of methoxy groups -OCH3 is 1. The molecule has 8 nitrogen and oxygen atoms in total. The Morgan fingerprint density at radius 1 is 1.23 bits per heavy atom. The lowest BCUT2D eigenvalue weighted by atomic mass is 10.0. The SMILES string of the molecule is COc1ccccc1[C@H]1C=C(C(=O)O)Nc2c(C(=O)Nc3cccc(Cl)c3)cnn21. The summed E-state index contributed by atoms with van der Waals surface area (Å²) >= 11 is 5.97. The number of benzene rings is 2. The number of hydrogen-bond donors (Lipinski definition) is 3. The number of carboxylic acid groups (broad SMARTS) is 1. The van der Waals surface area contributed by atoms with Gasteiger partial charge in [0.15, 0.2) is 0 Å². The number of halogens is 1. The molecule has 9 heteroatoms. The van der Waals surface area contributed by atoms with Crippen LogP contribution in [-0.2, 0) is 4.79 Å². The Kier molecular flexibility index (Phi) is 5.16. The van der Waals surface area contributed by atoms with E-state index in [0.29, 0.717) is 22.0 Å². The number of rotatable bonds is 5. The largest absolute Gasteiger partial charge is 0.496 e. The smallest absolute Gasteiger partial charge is 0.352 e. The van der Waals surface area contributed by atoms with Crippen molar-refractivity contribution in [2.75, 3.05) is 17.7 Å². The molecule has 2 aromatic carbocycles. The van der Waals surface area contributed by atoms with Gasteiger partial charge in [-0.15, -0.1) is 0 Å². The van der Waals surface area contributed by atoms with Gasteiger partial charge in [-0.2, -0.15) is 5.10 Å². The minimum atomic E-state index is -1.15. The molecule has 1 aliphatic heterocycles. The van der Waals surface area contributed by atoms with Crippen LogP contribution >= 0.6 is 11.6 Å². The van der Waals surface area contributed by atoms with Crippen molar-refractivity contribution in [1.82, 2.24) is 9.78 Å². The fourth-order valence-electron chi connectivity index (χ4n) is 3.28. The van der Waals surface area contributed by atoms with Gasteiger partial charge in [0.1, 0.15) is 28.9 Å². The van der Waals surface area contributed by atoms with Gasteiger partial charge in [-0.25, -0.2) is 9.48 Å². The fourth-order valence-corrected chi connectivity index (χ4v) is 3.47. The van der Waals surface area contributed by atoms with Crippen molar-refractivity contribution in [2.45, 2.75) is 6.04 Å². The Balaban J connectivity index is 1.75.